The molecule has 6 nitrogen and oxygen atoms in total. The summed E-state index contributed by atoms with van der Waals surface area (Å²) in [4.78, 5) is 0. The van der Waals surface area contributed by atoms with Gasteiger partial charge in [-0.1, -0.05) is 26.8 Å². The van der Waals surface area contributed by atoms with Crippen molar-refractivity contribution in [3.8, 4) is 0 Å². The molecular weight excluding hydrogens is 312 g/mol. The van der Waals surface area contributed by atoms with E-state index < -0.39 is 11.2 Å². The maximum Gasteiger partial charge on any atom is 0.269 e. The van der Waals surface area contributed by atoms with E-state index in [1.54, 1.807) is 0 Å². The molecule has 1 aromatic heterocycles. The highest BCUT2D eigenvalue weighted by atomic mass is 32.2. The monoisotopic (exact) mass is 336 g/mol. The zero-order valence-electron chi connectivity index (χ0n) is 14.4. The summed E-state index contributed by atoms with van der Waals surface area (Å²) in [5.74, 6) is 2.64. The molecule has 7 heteroatoms. The van der Waals surface area contributed by atoms with Crippen LogP contribution >= 0.6 is 0 Å². The number of amidine groups is 2. The van der Waals surface area contributed by atoms with E-state index in [1.807, 2.05) is 39.0 Å². The molecule has 0 aliphatic carbocycles. The first kappa shape index (κ1) is 17.5. The van der Waals surface area contributed by atoms with Gasteiger partial charge in [0.05, 0.1) is 6.04 Å². The molecule has 1 aliphatic heterocycles. The molecule has 2 heterocycles. The van der Waals surface area contributed by atoms with Crippen LogP contribution in [0.25, 0.3) is 0 Å². The highest BCUT2D eigenvalue weighted by Gasteiger charge is 2.32. The number of hydrogen-bond donors (Lipinski definition) is 2. The van der Waals surface area contributed by atoms with Crippen molar-refractivity contribution in [1.29, 1.82) is 0 Å². The van der Waals surface area contributed by atoms with Gasteiger partial charge in [0, 0.05) is 5.70 Å². The van der Waals surface area contributed by atoms with Crippen LogP contribution in [0.2, 0.25) is 0 Å². The molecular formula is C16H24N4O2S. The standard InChI is InChI=1S/C16H24N4O2S/c1-7-10(2)17-14-15(20-23(21)19-14)18-13(16(4,5)6)12-9-8-11(3)22-12/h7-9,13H,1-6H3,(H,17,19)(H,18,20)/b10-7+/t13-,23?/m0/s1. The summed E-state index contributed by atoms with van der Waals surface area (Å²) in [6, 6.07) is 3.76. The second-order valence-electron chi connectivity index (χ2n) is 6.60. The Hall–Kier alpha value is -1.89. The van der Waals surface area contributed by atoms with Gasteiger partial charge in [0.25, 0.3) is 11.2 Å². The Morgan fingerprint density at radius 2 is 1.96 bits per heavy atom. The Labute approximate surface area is 139 Å². The fourth-order valence-corrected chi connectivity index (χ4v) is 2.78. The number of aryl methyl sites for hydroxylation is 1. The largest absolute Gasteiger partial charge is 0.464 e. The third-order valence-electron chi connectivity index (χ3n) is 3.50. The van der Waals surface area contributed by atoms with Crippen molar-refractivity contribution >= 4 is 22.8 Å². The van der Waals surface area contributed by atoms with Crippen LogP contribution in [-0.4, -0.2) is 15.9 Å². The first-order chi connectivity index (χ1) is 10.7. The van der Waals surface area contributed by atoms with E-state index in [2.05, 4.69) is 40.2 Å². The van der Waals surface area contributed by atoms with Crippen molar-refractivity contribution in [2.24, 2.45) is 14.2 Å². The summed E-state index contributed by atoms with van der Waals surface area (Å²) in [6.45, 7) is 12.1. The van der Waals surface area contributed by atoms with Gasteiger partial charge in [-0.25, -0.2) is 4.21 Å². The Morgan fingerprint density at radius 1 is 1.30 bits per heavy atom. The lowest BCUT2D eigenvalue weighted by Gasteiger charge is -2.30. The fraction of sp³-hybridized carbons (Fsp3) is 0.500. The number of rotatable bonds is 3. The van der Waals surface area contributed by atoms with Gasteiger partial charge in [0.2, 0.25) is 0 Å². The molecule has 1 aromatic rings. The van der Waals surface area contributed by atoms with Crippen molar-refractivity contribution in [3.05, 3.63) is 35.4 Å². The minimum atomic E-state index is -1.60. The summed E-state index contributed by atoms with van der Waals surface area (Å²) < 4.78 is 25.6. The second-order valence-corrected chi connectivity index (χ2v) is 7.43. The predicted molar refractivity (Wildman–Crippen MR) is 94.4 cm³/mol. The van der Waals surface area contributed by atoms with Gasteiger partial charge < -0.3 is 15.1 Å². The summed E-state index contributed by atoms with van der Waals surface area (Å²) >= 11 is -1.60. The maximum atomic E-state index is 11.7. The van der Waals surface area contributed by atoms with Gasteiger partial charge in [0.15, 0.2) is 11.7 Å². The number of allylic oxidation sites excluding steroid dienone is 2. The van der Waals surface area contributed by atoms with Gasteiger partial charge >= 0.3 is 0 Å². The van der Waals surface area contributed by atoms with Crippen molar-refractivity contribution in [3.63, 3.8) is 0 Å². The smallest absolute Gasteiger partial charge is 0.269 e. The van der Waals surface area contributed by atoms with Gasteiger partial charge in [-0.15, -0.1) is 8.80 Å². The summed E-state index contributed by atoms with van der Waals surface area (Å²) in [5.41, 5.74) is 0.788. The molecule has 0 aromatic carbocycles. The van der Waals surface area contributed by atoms with Crippen LogP contribution in [-0.2, 0) is 11.2 Å². The van der Waals surface area contributed by atoms with Crippen LogP contribution in [0.1, 0.15) is 52.2 Å². The molecule has 0 radical (unpaired) electrons. The van der Waals surface area contributed by atoms with Gasteiger partial charge in [0.1, 0.15) is 11.5 Å². The first-order valence-electron chi connectivity index (χ1n) is 7.53. The van der Waals surface area contributed by atoms with Crippen LogP contribution in [0.4, 0.5) is 0 Å². The van der Waals surface area contributed by atoms with Crippen LogP contribution in [0.3, 0.4) is 0 Å². The third-order valence-corrected chi connectivity index (χ3v) is 4.18. The van der Waals surface area contributed by atoms with Crippen LogP contribution in [0, 0.1) is 12.3 Å². The average molecular weight is 336 g/mol. The van der Waals surface area contributed by atoms with Crippen LogP contribution in [0.15, 0.2) is 37.1 Å². The fourth-order valence-electron chi connectivity index (χ4n) is 2.16. The SMILES string of the molecule is C/C=C(\C)NC1=NS(=O)N=C1N[C@@H](c1ccc(C)o1)C(C)(C)C. The first-order valence-corrected chi connectivity index (χ1v) is 8.59. The molecule has 0 saturated heterocycles. The molecule has 2 rings (SSSR count). The van der Waals surface area contributed by atoms with E-state index >= 15 is 0 Å². The van der Waals surface area contributed by atoms with E-state index in [-0.39, 0.29) is 11.5 Å². The molecule has 2 atom stereocenters. The highest BCUT2D eigenvalue weighted by molar-refractivity contribution is 7.83. The average Bonchev–Trinajstić information content (AvgIpc) is 3.00. The minimum absolute atomic E-state index is 0.122. The lowest BCUT2D eigenvalue weighted by Crippen LogP contribution is -2.43. The molecule has 126 valence electrons. The molecule has 0 fully saturated rings. The molecule has 0 amide bonds. The molecule has 1 aliphatic rings. The van der Waals surface area contributed by atoms with Gasteiger partial charge in [-0.3, -0.25) is 0 Å². The zero-order chi connectivity index (χ0) is 17.2. The number of nitrogens with one attached hydrogen (secondary N) is 2. The summed E-state index contributed by atoms with van der Waals surface area (Å²) in [5, 5.41) is 6.45. The van der Waals surface area contributed by atoms with Gasteiger partial charge in [-0.05, 0) is 38.3 Å². The molecule has 1 unspecified atom stereocenters. The lowest BCUT2D eigenvalue weighted by atomic mass is 9.85. The van der Waals surface area contributed by atoms with Gasteiger partial charge in [-0.2, -0.15) is 0 Å². The molecule has 0 spiro atoms. The Kier molecular flexibility index (Phi) is 5.09. The second kappa shape index (κ2) is 6.70. The Bertz CT molecular complexity index is 695. The molecule has 0 saturated carbocycles. The van der Waals surface area contributed by atoms with Crippen LogP contribution < -0.4 is 10.6 Å². The normalized spacial score (nSPS) is 20.1. The molecule has 2 N–H and O–H groups in total. The third kappa shape index (κ3) is 4.31. The Morgan fingerprint density at radius 3 is 2.48 bits per heavy atom. The van der Waals surface area contributed by atoms with Crippen LogP contribution in [0.5, 0.6) is 0 Å². The van der Waals surface area contributed by atoms with Crippen molar-refractivity contribution in [1.82, 2.24) is 10.6 Å². The Balaban J connectivity index is 2.27. The van der Waals surface area contributed by atoms with E-state index in [0.29, 0.717) is 11.7 Å². The van der Waals surface area contributed by atoms with E-state index in [1.165, 1.54) is 0 Å². The topological polar surface area (TPSA) is 79.0 Å². The van der Waals surface area contributed by atoms with E-state index in [9.17, 15) is 4.21 Å². The number of nitrogens with zero attached hydrogens (tertiary/aromatic N) is 2. The zero-order valence-corrected chi connectivity index (χ0v) is 15.2. The van der Waals surface area contributed by atoms with E-state index in [0.717, 1.165) is 17.2 Å². The highest BCUT2D eigenvalue weighted by Crippen LogP contribution is 2.34. The molecule has 0 bridgehead atoms. The van der Waals surface area contributed by atoms with Crippen molar-refractivity contribution < 1.29 is 8.63 Å². The summed E-state index contributed by atoms with van der Waals surface area (Å²) in [6.07, 6.45) is 1.92. The maximum absolute atomic E-state index is 11.7. The molecule has 23 heavy (non-hydrogen) atoms. The summed E-state index contributed by atoms with van der Waals surface area (Å²) in [7, 11) is 0. The van der Waals surface area contributed by atoms with E-state index in [4.69, 9.17) is 4.42 Å². The predicted octanol–water partition coefficient (Wildman–Crippen LogP) is 3.17. The minimum Gasteiger partial charge on any atom is -0.464 e. The number of furan rings is 1. The quantitative estimate of drug-likeness (QED) is 0.888. The lowest BCUT2D eigenvalue weighted by molar-refractivity contribution is 0.261. The van der Waals surface area contributed by atoms with Crippen molar-refractivity contribution in [2.45, 2.75) is 47.6 Å². The van der Waals surface area contributed by atoms with Crippen molar-refractivity contribution in [2.75, 3.05) is 0 Å². The number of hydrogen-bond acceptors (Lipinski definition) is 4.